The number of aromatic nitrogens is 1. The Balaban J connectivity index is 1.99. The standard InChI is InChI=1S/C13H18N2O4/c1-18-12-3-2-10(7-14-12)8-15-4-5-19-9-11(15)6-13(16)17/h2-3,7,11H,4-6,8-9H2,1H3,(H,16,17). The molecule has 0 aliphatic carbocycles. The van der Waals surface area contributed by atoms with Gasteiger partial charge in [-0.1, -0.05) is 6.07 Å². The van der Waals surface area contributed by atoms with Crippen molar-refractivity contribution in [2.24, 2.45) is 0 Å². The van der Waals surface area contributed by atoms with Crippen LogP contribution in [-0.4, -0.2) is 53.9 Å². The number of methoxy groups -OCH3 is 1. The molecule has 0 amide bonds. The largest absolute Gasteiger partial charge is 0.481 e. The number of carbonyl (C=O) groups is 1. The van der Waals surface area contributed by atoms with E-state index in [0.29, 0.717) is 25.6 Å². The van der Waals surface area contributed by atoms with Gasteiger partial charge in [0.15, 0.2) is 0 Å². The van der Waals surface area contributed by atoms with Crippen molar-refractivity contribution in [1.82, 2.24) is 9.88 Å². The number of pyridine rings is 1. The first-order valence-corrected chi connectivity index (χ1v) is 6.21. The van der Waals surface area contributed by atoms with E-state index in [2.05, 4.69) is 9.88 Å². The highest BCUT2D eigenvalue weighted by molar-refractivity contribution is 5.67. The molecule has 0 saturated carbocycles. The number of morpholine rings is 1. The minimum absolute atomic E-state index is 0.0756. The molecule has 6 heteroatoms. The van der Waals surface area contributed by atoms with Crippen LogP contribution >= 0.6 is 0 Å². The molecule has 1 aliphatic rings. The molecule has 104 valence electrons. The van der Waals surface area contributed by atoms with Crippen LogP contribution < -0.4 is 4.74 Å². The molecule has 1 aliphatic heterocycles. The van der Waals surface area contributed by atoms with Crippen molar-refractivity contribution in [1.29, 1.82) is 0 Å². The lowest BCUT2D eigenvalue weighted by atomic mass is 10.1. The van der Waals surface area contributed by atoms with E-state index in [0.717, 1.165) is 12.1 Å². The fourth-order valence-corrected chi connectivity index (χ4v) is 2.15. The van der Waals surface area contributed by atoms with Crippen molar-refractivity contribution < 1.29 is 19.4 Å². The fraction of sp³-hybridized carbons (Fsp3) is 0.538. The second kappa shape index (κ2) is 6.49. The predicted molar refractivity (Wildman–Crippen MR) is 68.1 cm³/mol. The van der Waals surface area contributed by atoms with Gasteiger partial charge in [-0.15, -0.1) is 0 Å². The third-order valence-electron chi connectivity index (χ3n) is 3.15. The monoisotopic (exact) mass is 266 g/mol. The molecule has 1 unspecified atom stereocenters. The molecule has 2 rings (SSSR count). The summed E-state index contributed by atoms with van der Waals surface area (Å²) in [7, 11) is 1.58. The fourth-order valence-electron chi connectivity index (χ4n) is 2.15. The number of carboxylic acid groups (broad SMARTS) is 1. The minimum Gasteiger partial charge on any atom is -0.481 e. The van der Waals surface area contributed by atoms with E-state index in [1.165, 1.54) is 0 Å². The average Bonchev–Trinajstić information content (AvgIpc) is 2.41. The van der Waals surface area contributed by atoms with E-state index < -0.39 is 5.97 Å². The van der Waals surface area contributed by atoms with E-state index in [4.69, 9.17) is 14.6 Å². The second-order valence-electron chi connectivity index (χ2n) is 4.51. The summed E-state index contributed by atoms with van der Waals surface area (Å²) in [6, 6.07) is 3.68. The lowest BCUT2D eigenvalue weighted by Crippen LogP contribution is -2.45. The Morgan fingerprint density at radius 2 is 2.47 bits per heavy atom. The van der Waals surface area contributed by atoms with E-state index in [1.807, 2.05) is 12.1 Å². The molecule has 19 heavy (non-hydrogen) atoms. The van der Waals surface area contributed by atoms with Crippen molar-refractivity contribution in [3.63, 3.8) is 0 Å². The van der Waals surface area contributed by atoms with E-state index in [9.17, 15) is 4.79 Å². The van der Waals surface area contributed by atoms with Gasteiger partial charge < -0.3 is 14.6 Å². The summed E-state index contributed by atoms with van der Waals surface area (Å²) in [6.45, 7) is 2.53. The Morgan fingerprint density at radius 3 is 3.11 bits per heavy atom. The molecular formula is C13H18N2O4. The number of ether oxygens (including phenoxy) is 2. The first-order chi connectivity index (χ1) is 9.19. The van der Waals surface area contributed by atoms with Crippen LogP contribution in [0.4, 0.5) is 0 Å². The molecule has 1 atom stereocenters. The van der Waals surface area contributed by atoms with Crippen LogP contribution in [0.1, 0.15) is 12.0 Å². The molecule has 1 N–H and O–H groups in total. The number of nitrogens with zero attached hydrogens (tertiary/aromatic N) is 2. The van der Waals surface area contributed by atoms with Gasteiger partial charge in [-0.05, 0) is 5.56 Å². The molecule has 0 bridgehead atoms. The van der Waals surface area contributed by atoms with Crippen LogP contribution in [0.25, 0.3) is 0 Å². The Hall–Kier alpha value is -1.66. The summed E-state index contributed by atoms with van der Waals surface area (Å²) in [5, 5.41) is 8.91. The maximum absolute atomic E-state index is 10.8. The quantitative estimate of drug-likeness (QED) is 0.848. The topological polar surface area (TPSA) is 71.9 Å². The van der Waals surface area contributed by atoms with Crippen LogP contribution in [0.3, 0.4) is 0 Å². The minimum atomic E-state index is -0.798. The summed E-state index contributed by atoms with van der Waals surface area (Å²) < 4.78 is 10.4. The molecule has 0 spiro atoms. The molecule has 2 heterocycles. The van der Waals surface area contributed by atoms with Crippen molar-refractivity contribution in [3.05, 3.63) is 23.9 Å². The van der Waals surface area contributed by atoms with Gasteiger partial charge in [0, 0.05) is 31.4 Å². The van der Waals surface area contributed by atoms with E-state index in [-0.39, 0.29) is 12.5 Å². The van der Waals surface area contributed by atoms with Gasteiger partial charge in [-0.2, -0.15) is 0 Å². The van der Waals surface area contributed by atoms with Gasteiger partial charge in [0.25, 0.3) is 0 Å². The van der Waals surface area contributed by atoms with Crippen molar-refractivity contribution in [3.8, 4) is 5.88 Å². The zero-order chi connectivity index (χ0) is 13.7. The smallest absolute Gasteiger partial charge is 0.305 e. The van der Waals surface area contributed by atoms with Gasteiger partial charge in [0.1, 0.15) is 0 Å². The first-order valence-electron chi connectivity index (χ1n) is 6.21. The molecular weight excluding hydrogens is 248 g/mol. The number of aliphatic carboxylic acids is 1. The van der Waals surface area contributed by atoms with Gasteiger partial charge in [-0.25, -0.2) is 4.98 Å². The van der Waals surface area contributed by atoms with E-state index in [1.54, 1.807) is 13.3 Å². The molecule has 1 aromatic heterocycles. The lowest BCUT2D eigenvalue weighted by Gasteiger charge is -2.34. The van der Waals surface area contributed by atoms with Crippen molar-refractivity contribution >= 4 is 5.97 Å². The predicted octanol–water partition coefficient (Wildman–Crippen LogP) is 0.766. The third-order valence-corrected chi connectivity index (χ3v) is 3.15. The van der Waals surface area contributed by atoms with Crippen LogP contribution in [-0.2, 0) is 16.1 Å². The van der Waals surface area contributed by atoms with Crippen molar-refractivity contribution in [2.75, 3.05) is 26.9 Å². The lowest BCUT2D eigenvalue weighted by molar-refractivity contribution is -0.140. The number of hydrogen-bond acceptors (Lipinski definition) is 5. The van der Waals surface area contributed by atoms with Gasteiger partial charge in [0.2, 0.25) is 5.88 Å². The first kappa shape index (κ1) is 13.8. The van der Waals surface area contributed by atoms with E-state index >= 15 is 0 Å². The highest BCUT2D eigenvalue weighted by Crippen LogP contribution is 2.15. The molecule has 1 fully saturated rings. The Morgan fingerprint density at radius 1 is 1.63 bits per heavy atom. The summed E-state index contributed by atoms with van der Waals surface area (Å²) in [5.41, 5.74) is 1.04. The molecule has 1 aromatic rings. The van der Waals surface area contributed by atoms with Gasteiger partial charge >= 0.3 is 5.97 Å². The molecule has 0 aromatic carbocycles. The van der Waals surface area contributed by atoms with Gasteiger partial charge in [0.05, 0.1) is 26.7 Å². The summed E-state index contributed by atoms with van der Waals surface area (Å²) in [4.78, 5) is 17.1. The molecule has 0 radical (unpaired) electrons. The number of rotatable bonds is 5. The summed E-state index contributed by atoms with van der Waals surface area (Å²) in [5.74, 6) is -0.221. The molecule has 1 saturated heterocycles. The Labute approximate surface area is 112 Å². The molecule has 6 nitrogen and oxygen atoms in total. The highest BCUT2D eigenvalue weighted by Gasteiger charge is 2.25. The maximum Gasteiger partial charge on any atom is 0.305 e. The highest BCUT2D eigenvalue weighted by atomic mass is 16.5. The van der Waals surface area contributed by atoms with Crippen LogP contribution in [0, 0.1) is 0 Å². The zero-order valence-corrected chi connectivity index (χ0v) is 10.9. The SMILES string of the molecule is COc1ccc(CN2CCOCC2CC(=O)O)cn1. The Kier molecular flexibility index (Phi) is 4.70. The normalized spacial score (nSPS) is 20.2. The number of carboxylic acids is 1. The van der Waals surface area contributed by atoms with Crippen LogP contribution in [0.2, 0.25) is 0 Å². The summed E-state index contributed by atoms with van der Waals surface area (Å²) >= 11 is 0. The average molecular weight is 266 g/mol. The zero-order valence-electron chi connectivity index (χ0n) is 10.9. The second-order valence-corrected chi connectivity index (χ2v) is 4.51. The number of hydrogen-bond donors (Lipinski definition) is 1. The maximum atomic E-state index is 10.8. The van der Waals surface area contributed by atoms with Crippen molar-refractivity contribution in [2.45, 2.75) is 19.0 Å². The Bertz CT molecular complexity index is 421. The van der Waals surface area contributed by atoms with Crippen LogP contribution in [0.5, 0.6) is 5.88 Å². The third kappa shape index (κ3) is 3.90. The summed E-state index contributed by atoms with van der Waals surface area (Å²) in [6.07, 6.45) is 1.86. The van der Waals surface area contributed by atoms with Crippen LogP contribution in [0.15, 0.2) is 18.3 Å². The van der Waals surface area contributed by atoms with Gasteiger partial charge in [-0.3, -0.25) is 9.69 Å².